The molecule has 0 spiro atoms. The number of benzene rings is 2. The van der Waals surface area contributed by atoms with Gasteiger partial charge in [-0.15, -0.1) is 11.8 Å². The predicted octanol–water partition coefficient (Wildman–Crippen LogP) is 4.25. The Kier molecular flexibility index (Phi) is 3.54. The zero-order valence-corrected chi connectivity index (χ0v) is 14.0. The Morgan fingerprint density at radius 3 is 2.70 bits per heavy atom. The van der Waals surface area contributed by atoms with Gasteiger partial charge in [0.15, 0.2) is 0 Å². The van der Waals surface area contributed by atoms with Crippen LogP contribution in [0.5, 0.6) is 0 Å². The summed E-state index contributed by atoms with van der Waals surface area (Å²) in [6, 6.07) is 17.0. The van der Waals surface area contributed by atoms with Gasteiger partial charge in [-0.2, -0.15) is 0 Å². The second kappa shape index (κ2) is 5.70. The Bertz CT molecular complexity index is 894. The number of aromatic nitrogens is 2. The van der Waals surface area contributed by atoms with E-state index in [2.05, 4.69) is 65.2 Å². The first-order chi connectivity index (χ1) is 11.3. The van der Waals surface area contributed by atoms with Gasteiger partial charge in [0.2, 0.25) is 0 Å². The van der Waals surface area contributed by atoms with E-state index >= 15 is 0 Å². The molecule has 4 heteroatoms. The average molecular weight is 319 g/mol. The minimum atomic E-state index is 0.599. The molecule has 1 aliphatic heterocycles. The second-order valence-corrected chi connectivity index (χ2v) is 6.44. The molecule has 0 unspecified atom stereocenters. The number of imidazole rings is 1. The molecular weight excluding hydrogens is 302 g/mol. The van der Waals surface area contributed by atoms with Crippen LogP contribution in [-0.2, 0) is 6.54 Å². The van der Waals surface area contributed by atoms with Gasteiger partial charge in [-0.25, -0.2) is 4.98 Å². The van der Waals surface area contributed by atoms with Gasteiger partial charge in [0.25, 0.3) is 0 Å². The van der Waals surface area contributed by atoms with Gasteiger partial charge >= 0.3 is 0 Å². The lowest BCUT2D eigenvalue weighted by Gasteiger charge is -2.14. The monoisotopic (exact) mass is 319 g/mol. The van der Waals surface area contributed by atoms with Crippen LogP contribution in [-0.4, -0.2) is 21.5 Å². The molecule has 0 saturated carbocycles. The summed E-state index contributed by atoms with van der Waals surface area (Å²) in [6.07, 6.45) is 4.02. The molecule has 0 aliphatic carbocycles. The SMILES string of the molecule is CSc1ccc2c(c1)C(c1ccccc1)=NCc1ncc(C)n1-2. The largest absolute Gasteiger partial charge is 0.299 e. The van der Waals surface area contributed by atoms with Crippen molar-refractivity contribution in [1.82, 2.24) is 9.55 Å². The van der Waals surface area contributed by atoms with E-state index in [1.54, 1.807) is 11.8 Å². The molecule has 114 valence electrons. The minimum Gasteiger partial charge on any atom is -0.299 e. The molecule has 0 bridgehead atoms. The van der Waals surface area contributed by atoms with Gasteiger partial charge in [-0.3, -0.25) is 9.56 Å². The van der Waals surface area contributed by atoms with Gasteiger partial charge in [-0.05, 0) is 31.4 Å². The first kappa shape index (κ1) is 14.3. The van der Waals surface area contributed by atoms with Gasteiger partial charge in [0.05, 0.1) is 17.9 Å². The maximum atomic E-state index is 4.89. The van der Waals surface area contributed by atoms with Crippen molar-refractivity contribution in [2.75, 3.05) is 6.26 Å². The lowest BCUT2D eigenvalue weighted by Crippen LogP contribution is -2.08. The fourth-order valence-corrected chi connectivity index (χ4v) is 3.47. The number of aliphatic imine (C=N–C) groups is 1. The number of hydrogen-bond donors (Lipinski definition) is 0. The molecule has 0 atom stereocenters. The lowest BCUT2D eigenvalue weighted by atomic mass is 10.0. The van der Waals surface area contributed by atoms with Crippen molar-refractivity contribution in [3.8, 4) is 5.69 Å². The van der Waals surface area contributed by atoms with Crippen molar-refractivity contribution in [2.45, 2.75) is 18.4 Å². The van der Waals surface area contributed by atoms with Crippen molar-refractivity contribution in [2.24, 2.45) is 4.99 Å². The van der Waals surface area contributed by atoms with Crippen LogP contribution in [0.1, 0.15) is 22.6 Å². The summed E-state index contributed by atoms with van der Waals surface area (Å²) in [5.41, 5.74) is 5.66. The summed E-state index contributed by atoms with van der Waals surface area (Å²) in [4.78, 5) is 10.7. The smallest absolute Gasteiger partial charge is 0.135 e. The molecule has 0 saturated heterocycles. The summed E-state index contributed by atoms with van der Waals surface area (Å²) >= 11 is 1.75. The Morgan fingerprint density at radius 2 is 1.91 bits per heavy atom. The maximum Gasteiger partial charge on any atom is 0.135 e. The Morgan fingerprint density at radius 1 is 1.09 bits per heavy atom. The number of rotatable bonds is 2. The van der Waals surface area contributed by atoms with E-state index in [9.17, 15) is 0 Å². The van der Waals surface area contributed by atoms with E-state index in [4.69, 9.17) is 4.99 Å². The normalized spacial score (nSPS) is 13.0. The third-order valence-corrected chi connectivity index (χ3v) is 4.86. The molecule has 0 N–H and O–H groups in total. The summed E-state index contributed by atoms with van der Waals surface area (Å²) < 4.78 is 2.22. The fraction of sp³-hybridized carbons (Fsp3) is 0.158. The minimum absolute atomic E-state index is 0.599. The Hall–Kier alpha value is -2.33. The quantitative estimate of drug-likeness (QED) is 0.661. The molecular formula is C19H17N3S. The van der Waals surface area contributed by atoms with Crippen LogP contribution in [0.2, 0.25) is 0 Å². The van der Waals surface area contributed by atoms with Crippen LogP contribution < -0.4 is 0 Å². The third kappa shape index (κ3) is 2.39. The van der Waals surface area contributed by atoms with Crippen molar-refractivity contribution >= 4 is 17.5 Å². The van der Waals surface area contributed by atoms with Crippen LogP contribution in [0.3, 0.4) is 0 Å². The molecule has 1 aromatic heterocycles. The molecule has 23 heavy (non-hydrogen) atoms. The topological polar surface area (TPSA) is 30.2 Å². The van der Waals surface area contributed by atoms with Crippen LogP contribution in [0.4, 0.5) is 0 Å². The molecule has 2 heterocycles. The average Bonchev–Trinajstić information content (AvgIpc) is 2.88. The van der Waals surface area contributed by atoms with Gasteiger partial charge in [0, 0.05) is 27.9 Å². The summed E-state index contributed by atoms with van der Waals surface area (Å²) in [6.45, 7) is 2.69. The predicted molar refractivity (Wildman–Crippen MR) is 95.9 cm³/mol. The van der Waals surface area contributed by atoms with Crippen molar-refractivity contribution in [1.29, 1.82) is 0 Å². The number of aryl methyl sites for hydroxylation is 1. The van der Waals surface area contributed by atoms with E-state index in [1.807, 2.05) is 12.3 Å². The van der Waals surface area contributed by atoms with Crippen molar-refractivity contribution in [3.05, 3.63) is 77.4 Å². The number of hydrogen-bond acceptors (Lipinski definition) is 3. The fourth-order valence-electron chi connectivity index (χ4n) is 3.03. The molecule has 3 aromatic rings. The Labute approximate surface area is 140 Å². The van der Waals surface area contributed by atoms with E-state index in [1.165, 1.54) is 10.5 Å². The zero-order valence-electron chi connectivity index (χ0n) is 13.2. The second-order valence-electron chi connectivity index (χ2n) is 5.57. The molecule has 0 radical (unpaired) electrons. The molecule has 3 nitrogen and oxygen atoms in total. The lowest BCUT2D eigenvalue weighted by molar-refractivity contribution is 0.862. The highest BCUT2D eigenvalue weighted by Crippen LogP contribution is 2.29. The van der Waals surface area contributed by atoms with Crippen LogP contribution >= 0.6 is 11.8 Å². The van der Waals surface area contributed by atoms with E-state index in [0.29, 0.717) is 6.54 Å². The summed E-state index contributed by atoms with van der Waals surface area (Å²) in [5, 5.41) is 0. The highest BCUT2D eigenvalue weighted by molar-refractivity contribution is 7.98. The zero-order chi connectivity index (χ0) is 15.8. The van der Waals surface area contributed by atoms with Crippen molar-refractivity contribution < 1.29 is 0 Å². The maximum absolute atomic E-state index is 4.89. The van der Waals surface area contributed by atoms with Crippen LogP contribution in [0.25, 0.3) is 5.69 Å². The van der Waals surface area contributed by atoms with E-state index < -0.39 is 0 Å². The highest BCUT2D eigenvalue weighted by Gasteiger charge is 2.20. The van der Waals surface area contributed by atoms with E-state index in [0.717, 1.165) is 28.5 Å². The number of nitrogens with zero attached hydrogens (tertiary/aromatic N) is 3. The standard InChI is InChI=1S/C19H17N3S/c1-13-11-20-18-12-21-19(14-6-4-3-5-7-14)16-10-15(23-2)8-9-17(16)22(13)18/h3-11H,12H2,1-2H3. The number of fused-ring (bicyclic) bond motifs is 3. The van der Waals surface area contributed by atoms with Gasteiger partial charge in [0.1, 0.15) is 5.82 Å². The molecule has 0 fully saturated rings. The summed E-state index contributed by atoms with van der Waals surface area (Å²) in [7, 11) is 0. The van der Waals surface area contributed by atoms with Gasteiger partial charge in [-0.1, -0.05) is 30.3 Å². The third-order valence-electron chi connectivity index (χ3n) is 4.14. The molecule has 4 rings (SSSR count). The van der Waals surface area contributed by atoms with Crippen LogP contribution in [0, 0.1) is 6.92 Å². The first-order valence-corrected chi connectivity index (χ1v) is 8.82. The van der Waals surface area contributed by atoms with E-state index in [-0.39, 0.29) is 0 Å². The molecule has 0 amide bonds. The number of thioether (sulfide) groups is 1. The van der Waals surface area contributed by atoms with Gasteiger partial charge < -0.3 is 0 Å². The van der Waals surface area contributed by atoms with Crippen molar-refractivity contribution in [3.63, 3.8) is 0 Å². The highest BCUT2D eigenvalue weighted by atomic mass is 32.2. The molecule has 2 aromatic carbocycles. The Balaban J connectivity index is 2.00. The first-order valence-electron chi connectivity index (χ1n) is 7.60. The molecule has 1 aliphatic rings. The van der Waals surface area contributed by atoms with Crippen LogP contribution in [0.15, 0.2) is 64.6 Å². The summed E-state index contributed by atoms with van der Waals surface area (Å²) in [5.74, 6) is 0.992.